The highest BCUT2D eigenvalue weighted by atomic mass is 16.4. The van der Waals surface area contributed by atoms with Crippen molar-refractivity contribution in [3.8, 4) is 11.3 Å². The lowest BCUT2D eigenvalue weighted by Crippen LogP contribution is -2.50. The van der Waals surface area contributed by atoms with E-state index in [2.05, 4.69) is 89.6 Å². The van der Waals surface area contributed by atoms with E-state index in [1.165, 1.54) is 11.1 Å². The molecule has 39 heavy (non-hydrogen) atoms. The van der Waals surface area contributed by atoms with E-state index in [4.69, 9.17) is 9.40 Å². The van der Waals surface area contributed by atoms with E-state index < -0.39 is 0 Å². The maximum absolute atomic E-state index is 12.8. The van der Waals surface area contributed by atoms with E-state index in [1.807, 2.05) is 30.3 Å². The average molecular weight is 523 g/mol. The summed E-state index contributed by atoms with van der Waals surface area (Å²) in [7, 11) is 0. The van der Waals surface area contributed by atoms with Gasteiger partial charge in [-0.25, -0.2) is 4.98 Å². The third-order valence-corrected chi connectivity index (χ3v) is 7.19. The lowest BCUT2D eigenvalue weighted by atomic mass is 9.96. The molecule has 1 aliphatic heterocycles. The van der Waals surface area contributed by atoms with Crippen molar-refractivity contribution in [2.45, 2.75) is 32.9 Å². The molecule has 5 rings (SSSR count). The number of nitrogens with one attached hydrogen (secondary N) is 1. The molecule has 0 spiro atoms. The maximum atomic E-state index is 12.8. The second-order valence-corrected chi connectivity index (χ2v) is 10.7. The van der Waals surface area contributed by atoms with Crippen molar-refractivity contribution < 1.29 is 9.21 Å². The third kappa shape index (κ3) is 7.02. The Morgan fingerprint density at radius 2 is 1.41 bits per heavy atom. The maximum Gasteiger partial charge on any atom is 0.234 e. The van der Waals surface area contributed by atoms with Gasteiger partial charge in [-0.2, -0.15) is 0 Å². The minimum absolute atomic E-state index is 0.00371. The number of carbonyl (C=O) groups is 1. The van der Waals surface area contributed by atoms with Crippen LogP contribution in [0, 0.1) is 5.92 Å². The summed E-state index contributed by atoms with van der Waals surface area (Å²) >= 11 is 0. The van der Waals surface area contributed by atoms with Gasteiger partial charge in [0, 0.05) is 38.2 Å². The molecule has 1 amide bonds. The van der Waals surface area contributed by atoms with Crippen molar-refractivity contribution in [3.63, 3.8) is 0 Å². The molecule has 6 nitrogen and oxygen atoms in total. The number of piperazine rings is 1. The zero-order chi connectivity index (χ0) is 27.0. The Labute approximate surface area is 231 Å². The molecule has 1 fully saturated rings. The fraction of sp³-hybridized carbons (Fsp3) is 0.333. The molecule has 0 bridgehead atoms. The highest BCUT2D eigenvalue weighted by Crippen LogP contribution is 2.29. The molecule has 2 heterocycles. The fourth-order valence-corrected chi connectivity index (χ4v) is 5.30. The number of aromatic nitrogens is 1. The van der Waals surface area contributed by atoms with Crippen LogP contribution in [0.1, 0.15) is 42.7 Å². The standard InChI is InChI=1S/C33H38N4O2/c1-25(2)22-29-32(26-12-6-3-7-13-26)35-31(39-29)23-34-30(38)24-36-18-20-37(21-19-36)33(27-14-8-4-9-15-27)28-16-10-5-11-17-28/h3-17,25,33H,18-24H2,1-2H3,(H,34,38). The van der Waals surface area contributed by atoms with Crippen molar-refractivity contribution in [2.75, 3.05) is 32.7 Å². The average Bonchev–Trinajstić information content (AvgIpc) is 3.36. The van der Waals surface area contributed by atoms with E-state index in [1.54, 1.807) is 0 Å². The molecule has 0 radical (unpaired) electrons. The third-order valence-electron chi connectivity index (χ3n) is 7.19. The molecular weight excluding hydrogens is 484 g/mol. The van der Waals surface area contributed by atoms with Crippen molar-refractivity contribution in [1.29, 1.82) is 0 Å². The number of hydrogen-bond acceptors (Lipinski definition) is 5. The van der Waals surface area contributed by atoms with Crippen molar-refractivity contribution in [3.05, 3.63) is 114 Å². The number of amides is 1. The monoisotopic (exact) mass is 522 g/mol. The van der Waals surface area contributed by atoms with Gasteiger partial charge < -0.3 is 9.73 Å². The SMILES string of the molecule is CC(C)Cc1oc(CNC(=O)CN2CCN(C(c3ccccc3)c3ccccc3)CC2)nc1-c1ccccc1. The smallest absolute Gasteiger partial charge is 0.234 e. The molecule has 6 heteroatoms. The highest BCUT2D eigenvalue weighted by Gasteiger charge is 2.27. The Morgan fingerprint density at radius 3 is 1.97 bits per heavy atom. The van der Waals surface area contributed by atoms with Gasteiger partial charge in [0.25, 0.3) is 0 Å². The normalized spacial score (nSPS) is 14.7. The van der Waals surface area contributed by atoms with Gasteiger partial charge in [-0.05, 0) is 17.0 Å². The Hall–Kier alpha value is -3.74. The van der Waals surface area contributed by atoms with Gasteiger partial charge in [0.1, 0.15) is 11.5 Å². The lowest BCUT2D eigenvalue weighted by molar-refractivity contribution is -0.123. The summed E-state index contributed by atoms with van der Waals surface area (Å²) in [6.45, 7) is 8.50. The predicted octanol–water partition coefficient (Wildman–Crippen LogP) is 5.56. The van der Waals surface area contributed by atoms with Crippen molar-refractivity contribution in [1.82, 2.24) is 20.1 Å². The van der Waals surface area contributed by atoms with Crippen LogP contribution >= 0.6 is 0 Å². The van der Waals surface area contributed by atoms with Crippen LogP contribution in [-0.4, -0.2) is 53.4 Å². The molecule has 4 aromatic rings. The van der Waals surface area contributed by atoms with Crippen LogP contribution in [0.25, 0.3) is 11.3 Å². The number of rotatable bonds is 10. The molecule has 0 unspecified atom stereocenters. The summed E-state index contributed by atoms with van der Waals surface area (Å²) in [5.74, 6) is 1.88. The molecular formula is C33H38N4O2. The number of oxazole rings is 1. The van der Waals surface area contributed by atoms with Gasteiger partial charge in [0.15, 0.2) is 0 Å². The Kier molecular flexibility index (Phi) is 8.86. The van der Waals surface area contributed by atoms with E-state index in [9.17, 15) is 4.79 Å². The molecule has 1 N–H and O–H groups in total. The van der Waals surface area contributed by atoms with Crippen molar-refractivity contribution >= 4 is 5.91 Å². The van der Waals surface area contributed by atoms with Crippen molar-refractivity contribution in [2.24, 2.45) is 5.92 Å². The summed E-state index contributed by atoms with van der Waals surface area (Å²) in [6, 6.07) is 31.7. The van der Waals surface area contributed by atoms with Gasteiger partial charge in [-0.3, -0.25) is 14.6 Å². The predicted molar refractivity (Wildman–Crippen MR) is 155 cm³/mol. The topological polar surface area (TPSA) is 61.6 Å². The zero-order valence-corrected chi connectivity index (χ0v) is 22.9. The minimum Gasteiger partial charge on any atom is -0.443 e. The minimum atomic E-state index is -0.00371. The van der Waals surface area contributed by atoms with Gasteiger partial charge in [-0.15, -0.1) is 0 Å². The van der Waals surface area contributed by atoms with E-state index >= 15 is 0 Å². The zero-order valence-electron chi connectivity index (χ0n) is 22.9. The number of carbonyl (C=O) groups excluding carboxylic acids is 1. The number of hydrogen-bond donors (Lipinski definition) is 1. The van der Waals surface area contributed by atoms with Gasteiger partial charge in [-0.1, -0.05) is 105 Å². The van der Waals surface area contributed by atoms with Crippen LogP contribution in [0.4, 0.5) is 0 Å². The molecule has 3 aromatic carbocycles. The number of benzene rings is 3. The quantitative estimate of drug-likeness (QED) is 0.295. The van der Waals surface area contributed by atoms with Gasteiger partial charge in [0.05, 0.1) is 19.1 Å². The summed E-state index contributed by atoms with van der Waals surface area (Å²) in [5, 5.41) is 3.03. The van der Waals surface area contributed by atoms with Crippen LogP contribution in [0.5, 0.6) is 0 Å². The summed E-state index contributed by atoms with van der Waals surface area (Å²) in [5.41, 5.74) is 4.51. The Morgan fingerprint density at radius 1 is 0.846 bits per heavy atom. The second-order valence-electron chi connectivity index (χ2n) is 10.7. The molecule has 1 aliphatic rings. The summed E-state index contributed by atoms with van der Waals surface area (Å²) in [6.07, 6.45) is 0.808. The molecule has 0 aliphatic carbocycles. The summed E-state index contributed by atoms with van der Waals surface area (Å²) < 4.78 is 6.10. The molecule has 1 saturated heterocycles. The second kappa shape index (κ2) is 12.9. The van der Waals surface area contributed by atoms with E-state index in [-0.39, 0.29) is 11.9 Å². The summed E-state index contributed by atoms with van der Waals surface area (Å²) in [4.78, 5) is 22.3. The number of nitrogens with zero attached hydrogens (tertiary/aromatic N) is 3. The van der Waals surface area contributed by atoms with Crippen LogP contribution in [-0.2, 0) is 17.8 Å². The van der Waals surface area contributed by atoms with Crippen LogP contribution in [0.3, 0.4) is 0 Å². The Balaban J connectivity index is 1.17. The van der Waals surface area contributed by atoms with E-state index in [0.29, 0.717) is 24.9 Å². The lowest BCUT2D eigenvalue weighted by Gasteiger charge is -2.39. The first-order chi connectivity index (χ1) is 19.1. The first-order valence-electron chi connectivity index (χ1n) is 13.9. The molecule has 0 atom stereocenters. The fourth-order valence-electron chi connectivity index (χ4n) is 5.30. The highest BCUT2D eigenvalue weighted by molar-refractivity contribution is 5.78. The first-order valence-corrected chi connectivity index (χ1v) is 13.9. The first kappa shape index (κ1) is 26.9. The molecule has 1 aromatic heterocycles. The van der Waals surface area contributed by atoms with Crippen LogP contribution in [0.2, 0.25) is 0 Å². The van der Waals surface area contributed by atoms with Gasteiger partial charge >= 0.3 is 0 Å². The molecule has 202 valence electrons. The van der Waals surface area contributed by atoms with Crippen LogP contribution < -0.4 is 5.32 Å². The largest absolute Gasteiger partial charge is 0.443 e. The molecule has 0 saturated carbocycles. The Bertz CT molecular complexity index is 1270. The van der Waals surface area contributed by atoms with Gasteiger partial charge in [0.2, 0.25) is 11.8 Å². The van der Waals surface area contributed by atoms with E-state index in [0.717, 1.165) is 49.6 Å². The van der Waals surface area contributed by atoms with Crippen LogP contribution in [0.15, 0.2) is 95.4 Å².